The summed E-state index contributed by atoms with van der Waals surface area (Å²) in [5.74, 6) is -1.91. The fourth-order valence-corrected chi connectivity index (χ4v) is 1.75. The minimum absolute atomic E-state index is 0.0255. The second kappa shape index (κ2) is 6.37. The van der Waals surface area contributed by atoms with Gasteiger partial charge in [0, 0.05) is 16.1 Å². The molecule has 1 unspecified atom stereocenters. The van der Waals surface area contributed by atoms with E-state index >= 15 is 0 Å². The van der Waals surface area contributed by atoms with Crippen molar-refractivity contribution < 1.29 is 23.8 Å². The number of hydrogen-bond donors (Lipinski definition) is 1. The lowest BCUT2D eigenvalue weighted by molar-refractivity contribution is -0.153. The van der Waals surface area contributed by atoms with E-state index in [9.17, 15) is 14.0 Å². The van der Waals surface area contributed by atoms with Crippen molar-refractivity contribution in [2.24, 2.45) is 0 Å². The van der Waals surface area contributed by atoms with E-state index in [0.717, 1.165) is 0 Å². The molecule has 0 aromatic heterocycles. The quantitative estimate of drug-likeness (QED) is 0.861. The average Bonchev–Trinajstić information content (AvgIpc) is 2.48. The summed E-state index contributed by atoms with van der Waals surface area (Å²) in [7, 11) is 0. The lowest BCUT2D eigenvalue weighted by Crippen LogP contribution is -2.21. The van der Waals surface area contributed by atoms with Crippen LogP contribution >= 0.6 is 11.6 Å². The summed E-state index contributed by atoms with van der Waals surface area (Å²) in [5, 5.41) is 8.92. The zero-order valence-corrected chi connectivity index (χ0v) is 11.4. The number of ketones is 1. The van der Waals surface area contributed by atoms with Crippen LogP contribution in [0.25, 0.3) is 0 Å². The molecule has 0 aliphatic heterocycles. The van der Waals surface area contributed by atoms with Crippen LogP contribution in [0.15, 0.2) is 48.5 Å². The third kappa shape index (κ3) is 3.79. The molecule has 1 atom stereocenters. The number of carboxylic acid groups (broad SMARTS) is 1. The summed E-state index contributed by atoms with van der Waals surface area (Å²) in [6.45, 7) is 0. The van der Waals surface area contributed by atoms with Gasteiger partial charge in [-0.2, -0.15) is 4.39 Å². The number of benzene rings is 2. The lowest BCUT2D eigenvalue weighted by Gasteiger charge is -2.08. The SMILES string of the molecule is O=C(c1ccc(Cl)cc1)c1ccc(OC(F)C(=O)O)cc1. The van der Waals surface area contributed by atoms with Crippen molar-refractivity contribution in [2.45, 2.75) is 6.36 Å². The van der Waals surface area contributed by atoms with Gasteiger partial charge in [0.15, 0.2) is 5.78 Å². The van der Waals surface area contributed by atoms with Crippen molar-refractivity contribution in [3.63, 3.8) is 0 Å². The van der Waals surface area contributed by atoms with Crippen LogP contribution in [-0.4, -0.2) is 23.2 Å². The molecular formula is C15H10ClFO4. The first-order valence-electron chi connectivity index (χ1n) is 5.91. The Morgan fingerprint density at radius 1 is 1.00 bits per heavy atom. The molecule has 0 fully saturated rings. The number of carboxylic acids is 1. The third-order valence-corrected chi connectivity index (χ3v) is 2.91. The van der Waals surface area contributed by atoms with Crippen molar-refractivity contribution in [1.82, 2.24) is 0 Å². The van der Waals surface area contributed by atoms with Gasteiger partial charge in [0.25, 0.3) is 0 Å². The van der Waals surface area contributed by atoms with E-state index in [4.69, 9.17) is 16.7 Å². The Bertz CT molecular complexity index is 652. The maximum Gasteiger partial charge on any atom is 0.378 e. The largest absolute Gasteiger partial charge is 0.476 e. The third-order valence-electron chi connectivity index (χ3n) is 2.66. The van der Waals surface area contributed by atoms with Gasteiger partial charge in [-0.1, -0.05) is 11.6 Å². The number of rotatable bonds is 5. The monoisotopic (exact) mass is 308 g/mol. The van der Waals surface area contributed by atoms with Crippen LogP contribution in [0.1, 0.15) is 15.9 Å². The van der Waals surface area contributed by atoms with Gasteiger partial charge < -0.3 is 9.84 Å². The van der Waals surface area contributed by atoms with Gasteiger partial charge >= 0.3 is 12.3 Å². The predicted molar refractivity (Wildman–Crippen MR) is 74.5 cm³/mol. The van der Waals surface area contributed by atoms with Gasteiger partial charge in [0.2, 0.25) is 0 Å². The molecule has 0 heterocycles. The molecule has 0 saturated heterocycles. The van der Waals surface area contributed by atoms with Gasteiger partial charge in [-0.25, -0.2) is 4.79 Å². The highest BCUT2D eigenvalue weighted by Crippen LogP contribution is 2.18. The van der Waals surface area contributed by atoms with Crippen LogP contribution in [0.4, 0.5) is 4.39 Å². The molecule has 0 bridgehead atoms. The summed E-state index contributed by atoms with van der Waals surface area (Å²) in [5.41, 5.74) is 0.831. The first kappa shape index (κ1) is 15.0. The molecule has 0 amide bonds. The first-order chi connectivity index (χ1) is 9.97. The molecule has 0 aliphatic carbocycles. The molecule has 21 heavy (non-hydrogen) atoms. The standard InChI is InChI=1S/C15H10ClFO4/c16-11-5-1-9(2-6-11)13(18)10-3-7-12(8-4-10)21-14(17)15(19)20/h1-8,14H,(H,19,20). The maximum atomic E-state index is 12.9. The summed E-state index contributed by atoms with van der Waals surface area (Å²) in [4.78, 5) is 22.5. The Kier molecular flexibility index (Phi) is 4.55. The van der Waals surface area contributed by atoms with E-state index in [1.165, 1.54) is 24.3 Å². The molecule has 0 spiro atoms. The fourth-order valence-electron chi connectivity index (χ4n) is 1.62. The van der Waals surface area contributed by atoms with Gasteiger partial charge in [-0.3, -0.25) is 4.79 Å². The normalized spacial score (nSPS) is 11.7. The molecule has 108 valence electrons. The van der Waals surface area contributed by atoms with Crippen LogP contribution in [-0.2, 0) is 4.79 Å². The number of aliphatic carboxylic acids is 1. The van der Waals surface area contributed by atoms with Crippen molar-refractivity contribution >= 4 is 23.4 Å². The highest BCUT2D eigenvalue weighted by Gasteiger charge is 2.17. The Labute approximate surface area is 124 Å². The number of hydrogen-bond acceptors (Lipinski definition) is 3. The molecule has 0 radical (unpaired) electrons. The van der Waals surface area contributed by atoms with Gasteiger partial charge in [0.05, 0.1) is 0 Å². The minimum Gasteiger partial charge on any atom is -0.476 e. The van der Waals surface area contributed by atoms with Gasteiger partial charge in [-0.15, -0.1) is 0 Å². The highest BCUT2D eigenvalue weighted by atomic mass is 35.5. The van der Waals surface area contributed by atoms with E-state index in [2.05, 4.69) is 4.74 Å². The number of alkyl halides is 1. The van der Waals surface area contributed by atoms with E-state index in [1.807, 2.05) is 0 Å². The molecule has 1 N–H and O–H groups in total. The predicted octanol–water partition coefficient (Wildman–Crippen LogP) is 3.33. The molecule has 0 saturated carbocycles. The number of carbonyl (C=O) groups is 2. The van der Waals surface area contributed by atoms with Gasteiger partial charge in [0.1, 0.15) is 5.75 Å². The van der Waals surface area contributed by atoms with E-state index in [0.29, 0.717) is 16.1 Å². The van der Waals surface area contributed by atoms with Crippen LogP contribution in [0.2, 0.25) is 5.02 Å². The maximum absolute atomic E-state index is 12.9. The number of halogens is 2. The summed E-state index contributed by atoms with van der Waals surface area (Å²) < 4.78 is 17.4. The lowest BCUT2D eigenvalue weighted by atomic mass is 10.0. The first-order valence-corrected chi connectivity index (χ1v) is 6.29. The molecular weight excluding hydrogens is 299 g/mol. The molecule has 0 aliphatic rings. The zero-order chi connectivity index (χ0) is 15.4. The summed E-state index contributed by atoms with van der Waals surface area (Å²) >= 11 is 5.75. The van der Waals surface area contributed by atoms with E-state index < -0.39 is 12.3 Å². The van der Waals surface area contributed by atoms with Gasteiger partial charge in [-0.05, 0) is 48.5 Å². The van der Waals surface area contributed by atoms with E-state index in [-0.39, 0.29) is 11.5 Å². The Morgan fingerprint density at radius 2 is 1.48 bits per heavy atom. The average molecular weight is 309 g/mol. The smallest absolute Gasteiger partial charge is 0.378 e. The number of ether oxygens (including phenoxy) is 1. The van der Waals surface area contributed by atoms with Crippen LogP contribution < -0.4 is 4.74 Å². The highest BCUT2D eigenvalue weighted by molar-refractivity contribution is 6.30. The topological polar surface area (TPSA) is 63.6 Å². The van der Waals surface area contributed by atoms with E-state index in [1.54, 1.807) is 24.3 Å². The Hall–Kier alpha value is -2.40. The summed E-state index contributed by atoms with van der Waals surface area (Å²) in [6, 6.07) is 11.9. The van der Waals surface area contributed by atoms with Crippen molar-refractivity contribution in [1.29, 1.82) is 0 Å². The molecule has 2 aromatic rings. The summed E-state index contributed by atoms with van der Waals surface area (Å²) in [6.07, 6.45) is -2.44. The van der Waals surface area contributed by atoms with Crippen molar-refractivity contribution in [3.8, 4) is 5.75 Å². The molecule has 6 heteroatoms. The second-order valence-electron chi connectivity index (χ2n) is 4.13. The Morgan fingerprint density at radius 3 is 1.95 bits per heavy atom. The second-order valence-corrected chi connectivity index (χ2v) is 4.57. The number of carbonyl (C=O) groups excluding carboxylic acids is 1. The molecule has 2 aromatic carbocycles. The fraction of sp³-hybridized carbons (Fsp3) is 0.0667. The van der Waals surface area contributed by atoms with Crippen molar-refractivity contribution in [3.05, 3.63) is 64.7 Å². The van der Waals surface area contributed by atoms with Crippen LogP contribution in [0, 0.1) is 0 Å². The minimum atomic E-state index is -2.44. The van der Waals surface area contributed by atoms with Crippen LogP contribution in [0.5, 0.6) is 5.75 Å². The van der Waals surface area contributed by atoms with Crippen molar-refractivity contribution in [2.75, 3.05) is 0 Å². The van der Waals surface area contributed by atoms with Crippen LogP contribution in [0.3, 0.4) is 0 Å². The molecule has 4 nitrogen and oxygen atoms in total. The molecule has 2 rings (SSSR count). The Balaban J connectivity index is 2.13. The zero-order valence-electron chi connectivity index (χ0n) is 10.6.